The van der Waals surface area contributed by atoms with Crippen molar-refractivity contribution in [2.24, 2.45) is 5.92 Å². The molecule has 1 aromatic carbocycles. The number of hydrogen-bond donors (Lipinski definition) is 0. The summed E-state index contributed by atoms with van der Waals surface area (Å²) < 4.78 is 0. The maximum absolute atomic E-state index is 2.71. The van der Waals surface area contributed by atoms with Gasteiger partial charge in [-0.3, -0.25) is 9.80 Å². The maximum atomic E-state index is 2.71. The van der Waals surface area contributed by atoms with Crippen molar-refractivity contribution in [3.8, 4) is 0 Å². The molecule has 1 aromatic rings. The van der Waals surface area contributed by atoms with E-state index < -0.39 is 0 Å². The molecule has 1 aliphatic carbocycles. The third kappa shape index (κ3) is 3.01. The van der Waals surface area contributed by atoms with Gasteiger partial charge in [-0.1, -0.05) is 30.3 Å². The highest BCUT2D eigenvalue weighted by Crippen LogP contribution is 2.42. The third-order valence-electron chi connectivity index (χ3n) is 5.01. The lowest BCUT2D eigenvalue weighted by molar-refractivity contribution is 0.0368. The number of piperazine rings is 1. The molecule has 1 saturated heterocycles. The van der Waals surface area contributed by atoms with Crippen LogP contribution in [-0.2, 0) is 6.54 Å². The van der Waals surface area contributed by atoms with E-state index in [0.717, 1.165) is 12.5 Å². The summed E-state index contributed by atoms with van der Waals surface area (Å²) in [6, 6.07) is 10.9. The van der Waals surface area contributed by atoms with Gasteiger partial charge in [0.15, 0.2) is 0 Å². The second-order valence-corrected chi connectivity index (χ2v) is 6.68. The Bertz CT molecular complexity index is 401. The zero-order valence-electron chi connectivity index (χ0n) is 12.3. The predicted molar refractivity (Wildman–Crippen MR) is 80.1 cm³/mol. The summed E-state index contributed by atoms with van der Waals surface area (Å²) in [4.78, 5) is 5.31. The average Bonchev–Trinajstić information content (AvgIpc) is 3.25. The van der Waals surface area contributed by atoms with Gasteiger partial charge in [0.2, 0.25) is 0 Å². The number of rotatable bonds is 4. The highest BCUT2D eigenvalue weighted by atomic mass is 15.3. The van der Waals surface area contributed by atoms with Crippen LogP contribution in [0.5, 0.6) is 0 Å². The average molecular weight is 258 g/mol. The largest absolute Gasteiger partial charge is 0.297 e. The van der Waals surface area contributed by atoms with Crippen molar-refractivity contribution in [2.45, 2.75) is 38.8 Å². The van der Waals surface area contributed by atoms with Gasteiger partial charge in [-0.15, -0.1) is 0 Å². The van der Waals surface area contributed by atoms with Crippen LogP contribution in [0.4, 0.5) is 0 Å². The molecule has 19 heavy (non-hydrogen) atoms. The zero-order valence-corrected chi connectivity index (χ0v) is 12.3. The number of benzene rings is 1. The van der Waals surface area contributed by atoms with E-state index in [1.54, 1.807) is 0 Å². The van der Waals surface area contributed by atoms with Gasteiger partial charge < -0.3 is 0 Å². The Balaban J connectivity index is 1.52. The van der Waals surface area contributed by atoms with E-state index in [4.69, 9.17) is 0 Å². The number of hydrogen-bond acceptors (Lipinski definition) is 2. The topological polar surface area (TPSA) is 6.48 Å². The first-order valence-electron chi connectivity index (χ1n) is 7.67. The van der Waals surface area contributed by atoms with Gasteiger partial charge in [0.1, 0.15) is 0 Å². The molecule has 1 aliphatic heterocycles. The summed E-state index contributed by atoms with van der Waals surface area (Å²) >= 11 is 0. The van der Waals surface area contributed by atoms with E-state index >= 15 is 0 Å². The molecule has 2 fully saturated rings. The Morgan fingerprint density at radius 3 is 2.21 bits per heavy atom. The predicted octanol–water partition coefficient (Wildman–Crippen LogP) is 2.99. The van der Waals surface area contributed by atoms with Crippen LogP contribution >= 0.6 is 0 Å². The first kappa shape index (κ1) is 13.1. The van der Waals surface area contributed by atoms with Crippen molar-refractivity contribution in [3.05, 3.63) is 35.9 Å². The highest BCUT2D eigenvalue weighted by molar-refractivity contribution is 5.14. The Hall–Kier alpha value is -0.860. The van der Waals surface area contributed by atoms with Crippen molar-refractivity contribution in [2.75, 3.05) is 26.2 Å². The first-order valence-corrected chi connectivity index (χ1v) is 7.67. The zero-order chi connectivity index (χ0) is 13.3. The second kappa shape index (κ2) is 5.26. The minimum atomic E-state index is 0.429. The van der Waals surface area contributed by atoms with Gasteiger partial charge in [0.05, 0.1) is 0 Å². The molecular weight excluding hydrogens is 232 g/mol. The SMILES string of the molecule is CC(C)(C1CC1)N1CCN(Cc2ccccc2)CC1. The van der Waals surface area contributed by atoms with Gasteiger partial charge in [0.25, 0.3) is 0 Å². The molecule has 2 nitrogen and oxygen atoms in total. The third-order valence-corrected chi connectivity index (χ3v) is 5.01. The van der Waals surface area contributed by atoms with Crippen molar-refractivity contribution in [1.82, 2.24) is 9.80 Å². The molecule has 0 spiro atoms. The van der Waals surface area contributed by atoms with Crippen molar-refractivity contribution < 1.29 is 0 Å². The van der Waals surface area contributed by atoms with Crippen LogP contribution in [0.1, 0.15) is 32.3 Å². The van der Waals surface area contributed by atoms with Crippen LogP contribution in [-0.4, -0.2) is 41.5 Å². The molecule has 0 unspecified atom stereocenters. The Kier molecular flexibility index (Phi) is 3.64. The van der Waals surface area contributed by atoms with E-state index in [-0.39, 0.29) is 0 Å². The van der Waals surface area contributed by atoms with Crippen LogP contribution in [0.15, 0.2) is 30.3 Å². The Morgan fingerprint density at radius 2 is 1.63 bits per heavy atom. The van der Waals surface area contributed by atoms with Crippen LogP contribution < -0.4 is 0 Å². The smallest absolute Gasteiger partial charge is 0.0234 e. The van der Waals surface area contributed by atoms with Crippen LogP contribution in [0, 0.1) is 5.92 Å². The number of nitrogens with zero attached hydrogens (tertiary/aromatic N) is 2. The van der Waals surface area contributed by atoms with Gasteiger partial charge in [-0.2, -0.15) is 0 Å². The fourth-order valence-electron chi connectivity index (χ4n) is 3.37. The molecule has 2 aliphatic rings. The summed E-state index contributed by atoms with van der Waals surface area (Å²) in [6.07, 6.45) is 2.88. The lowest BCUT2D eigenvalue weighted by Gasteiger charge is -2.44. The molecule has 0 bridgehead atoms. The molecule has 104 valence electrons. The van der Waals surface area contributed by atoms with Gasteiger partial charge in [0, 0.05) is 38.3 Å². The molecule has 0 aromatic heterocycles. The summed E-state index contributed by atoms with van der Waals surface area (Å²) in [5.41, 5.74) is 1.87. The van der Waals surface area contributed by atoms with Gasteiger partial charge in [-0.05, 0) is 38.2 Å². The summed E-state index contributed by atoms with van der Waals surface area (Å²) in [5, 5.41) is 0. The van der Waals surface area contributed by atoms with E-state index in [1.165, 1.54) is 44.6 Å². The summed E-state index contributed by atoms with van der Waals surface area (Å²) in [5.74, 6) is 0.952. The van der Waals surface area contributed by atoms with Gasteiger partial charge >= 0.3 is 0 Å². The molecule has 2 heteroatoms. The van der Waals surface area contributed by atoms with Crippen molar-refractivity contribution in [3.63, 3.8) is 0 Å². The quantitative estimate of drug-likeness (QED) is 0.819. The normalized spacial score (nSPS) is 22.6. The minimum Gasteiger partial charge on any atom is -0.297 e. The molecule has 0 amide bonds. The summed E-state index contributed by atoms with van der Waals surface area (Å²) in [6.45, 7) is 10.9. The van der Waals surface area contributed by atoms with Crippen molar-refractivity contribution >= 4 is 0 Å². The lowest BCUT2D eigenvalue weighted by Crippen LogP contribution is -2.55. The maximum Gasteiger partial charge on any atom is 0.0234 e. The monoisotopic (exact) mass is 258 g/mol. The Labute approximate surface area is 117 Å². The molecule has 1 saturated carbocycles. The lowest BCUT2D eigenvalue weighted by atomic mass is 9.95. The molecule has 1 heterocycles. The summed E-state index contributed by atoms with van der Waals surface area (Å²) in [7, 11) is 0. The highest BCUT2D eigenvalue weighted by Gasteiger charge is 2.42. The van der Waals surface area contributed by atoms with E-state index in [1.807, 2.05) is 0 Å². The van der Waals surface area contributed by atoms with E-state index in [2.05, 4.69) is 54.0 Å². The minimum absolute atomic E-state index is 0.429. The molecule has 0 N–H and O–H groups in total. The Morgan fingerprint density at radius 1 is 1.00 bits per heavy atom. The molecule has 3 rings (SSSR count). The van der Waals surface area contributed by atoms with Crippen LogP contribution in [0.25, 0.3) is 0 Å². The van der Waals surface area contributed by atoms with Crippen LogP contribution in [0.3, 0.4) is 0 Å². The fraction of sp³-hybridized carbons (Fsp3) is 0.647. The van der Waals surface area contributed by atoms with Crippen LogP contribution in [0.2, 0.25) is 0 Å². The molecule has 0 atom stereocenters. The van der Waals surface area contributed by atoms with Crippen molar-refractivity contribution in [1.29, 1.82) is 0 Å². The molecular formula is C17H26N2. The fourth-order valence-corrected chi connectivity index (χ4v) is 3.37. The van der Waals surface area contributed by atoms with Gasteiger partial charge in [-0.25, -0.2) is 0 Å². The molecule has 0 radical (unpaired) electrons. The van der Waals surface area contributed by atoms with E-state index in [9.17, 15) is 0 Å². The first-order chi connectivity index (χ1) is 9.16. The standard InChI is InChI=1S/C17H26N2/c1-17(2,16-8-9-16)19-12-10-18(11-13-19)14-15-6-4-3-5-7-15/h3-7,16H,8-14H2,1-2H3. The van der Waals surface area contributed by atoms with E-state index in [0.29, 0.717) is 5.54 Å². The second-order valence-electron chi connectivity index (χ2n) is 6.68.